The summed E-state index contributed by atoms with van der Waals surface area (Å²) in [6.45, 7) is 8.19. The number of esters is 1. The highest BCUT2D eigenvalue weighted by Gasteiger charge is 2.54. The monoisotopic (exact) mass is 269 g/mol. The van der Waals surface area contributed by atoms with Crippen molar-refractivity contribution in [2.75, 3.05) is 20.3 Å². The van der Waals surface area contributed by atoms with E-state index in [-0.39, 0.29) is 23.4 Å². The van der Waals surface area contributed by atoms with Crippen LogP contribution in [0.5, 0.6) is 0 Å². The highest BCUT2D eigenvalue weighted by atomic mass is 16.5. The number of hydrogen-bond donors (Lipinski definition) is 1. The summed E-state index contributed by atoms with van der Waals surface area (Å²) in [5.41, 5.74) is -0.360. The Balaban J connectivity index is 2.09. The van der Waals surface area contributed by atoms with Gasteiger partial charge in [0.1, 0.15) is 5.54 Å². The Morgan fingerprint density at radius 1 is 1.47 bits per heavy atom. The fraction of sp³-hybridized carbons (Fsp3) is 0.933. The summed E-state index contributed by atoms with van der Waals surface area (Å²) in [6, 6.07) is 0. The largest absolute Gasteiger partial charge is 0.468 e. The molecule has 2 rings (SSSR count). The summed E-state index contributed by atoms with van der Waals surface area (Å²) in [5.74, 6) is 0.167. The van der Waals surface area contributed by atoms with E-state index in [1.807, 2.05) is 0 Å². The molecule has 19 heavy (non-hydrogen) atoms. The molecule has 0 spiro atoms. The number of rotatable bonds is 4. The van der Waals surface area contributed by atoms with E-state index < -0.39 is 5.54 Å². The zero-order valence-electron chi connectivity index (χ0n) is 12.6. The summed E-state index contributed by atoms with van der Waals surface area (Å²) < 4.78 is 10.7. The summed E-state index contributed by atoms with van der Waals surface area (Å²) in [5, 5.41) is 3.49. The second-order valence-corrected chi connectivity index (χ2v) is 6.93. The van der Waals surface area contributed by atoms with Crippen LogP contribution < -0.4 is 5.32 Å². The van der Waals surface area contributed by atoms with E-state index >= 15 is 0 Å². The topological polar surface area (TPSA) is 47.6 Å². The van der Waals surface area contributed by atoms with Crippen LogP contribution in [0.2, 0.25) is 0 Å². The van der Waals surface area contributed by atoms with Gasteiger partial charge in [0.2, 0.25) is 0 Å². The Labute approximate surface area is 116 Å². The highest BCUT2D eigenvalue weighted by Crippen LogP contribution is 2.48. The standard InChI is InChI=1S/C15H27NO3/c1-11-8-14(2,3)10-15(11,13(17)18-4)16-9-12-6-5-7-19-12/h11-12,16H,5-10H2,1-4H3. The predicted octanol–water partition coefficient (Wildman–Crippen LogP) is 2.12. The van der Waals surface area contributed by atoms with Crippen LogP contribution in [0.1, 0.15) is 46.5 Å². The van der Waals surface area contributed by atoms with Gasteiger partial charge in [-0.3, -0.25) is 10.1 Å². The molecule has 2 aliphatic rings. The zero-order valence-corrected chi connectivity index (χ0v) is 12.6. The fourth-order valence-corrected chi connectivity index (χ4v) is 3.87. The molecule has 0 amide bonds. The van der Waals surface area contributed by atoms with Crippen LogP contribution in [0.25, 0.3) is 0 Å². The number of carbonyl (C=O) groups excluding carboxylic acids is 1. The first-order chi connectivity index (χ1) is 8.89. The lowest BCUT2D eigenvalue weighted by molar-refractivity contribution is -0.150. The first kappa shape index (κ1) is 14.8. The molecule has 4 heteroatoms. The number of hydrogen-bond acceptors (Lipinski definition) is 4. The van der Waals surface area contributed by atoms with Crippen molar-refractivity contribution in [3.8, 4) is 0 Å². The first-order valence-corrected chi connectivity index (χ1v) is 7.35. The van der Waals surface area contributed by atoms with Crippen LogP contribution in [-0.4, -0.2) is 37.9 Å². The van der Waals surface area contributed by atoms with E-state index in [9.17, 15) is 4.79 Å². The van der Waals surface area contributed by atoms with Crippen LogP contribution in [0.15, 0.2) is 0 Å². The average Bonchev–Trinajstić information content (AvgIpc) is 2.92. The lowest BCUT2D eigenvalue weighted by atomic mass is 9.86. The quantitative estimate of drug-likeness (QED) is 0.794. The minimum Gasteiger partial charge on any atom is -0.468 e. The van der Waals surface area contributed by atoms with Gasteiger partial charge in [-0.1, -0.05) is 20.8 Å². The second-order valence-electron chi connectivity index (χ2n) is 6.93. The third-order valence-corrected chi connectivity index (χ3v) is 4.68. The van der Waals surface area contributed by atoms with Gasteiger partial charge in [-0.2, -0.15) is 0 Å². The van der Waals surface area contributed by atoms with Crippen molar-refractivity contribution in [2.45, 2.75) is 58.1 Å². The summed E-state index contributed by atoms with van der Waals surface area (Å²) in [7, 11) is 1.48. The van der Waals surface area contributed by atoms with Crippen molar-refractivity contribution < 1.29 is 14.3 Å². The molecule has 1 saturated heterocycles. The Bertz CT molecular complexity index is 336. The maximum Gasteiger partial charge on any atom is 0.326 e. The number of methoxy groups -OCH3 is 1. The molecule has 1 aliphatic carbocycles. The fourth-order valence-electron chi connectivity index (χ4n) is 3.87. The molecule has 3 atom stereocenters. The molecule has 4 nitrogen and oxygen atoms in total. The molecular formula is C15H27NO3. The number of carbonyl (C=O) groups is 1. The van der Waals surface area contributed by atoms with Gasteiger partial charge in [-0.05, 0) is 37.0 Å². The molecule has 0 aromatic carbocycles. The van der Waals surface area contributed by atoms with Crippen LogP contribution in [-0.2, 0) is 14.3 Å². The van der Waals surface area contributed by atoms with Gasteiger partial charge in [0.25, 0.3) is 0 Å². The lowest BCUT2D eigenvalue weighted by Gasteiger charge is -2.33. The molecule has 2 fully saturated rings. The van der Waals surface area contributed by atoms with Crippen molar-refractivity contribution in [1.82, 2.24) is 5.32 Å². The third-order valence-electron chi connectivity index (χ3n) is 4.68. The SMILES string of the molecule is COC(=O)C1(NCC2CCCO2)CC(C)(C)CC1C. The molecule has 1 saturated carbocycles. The molecule has 0 aromatic rings. The third kappa shape index (κ3) is 2.95. The summed E-state index contributed by atoms with van der Waals surface area (Å²) in [4.78, 5) is 12.3. The predicted molar refractivity (Wildman–Crippen MR) is 73.9 cm³/mol. The van der Waals surface area contributed by atoms with Gasteiger partial charge in [-0.25, -0.2) is 0 Å². The van der Waals surface area contributed by atoms with E-state index in [1.165, 1.54) is 7.11 Å². The molecular weight excluding hydrogens is 242 g/mol. The van der Waals surface area contributed by atoms with Gasteiger partial charge >= 0.3 is 5.97 Å². The van der Waals surface area contributed by atoms with E-state index in [1.54, 1.807) is 0 Å². The van der Waals surface area contributed by atoms with Crippen molar-refractivity contribution in [3.05, 3.63) is 0 Å². The van der Waals surface area contributed by atoms with Crippen molar-refractivity contribution in [2.24, 2.45) is 11.3 Å². The maximum atomic E-state index is 12.3. The minimum absolute atomic E-state index is 0.122. The van der Waals surface area contributed by atoms with Crippen molar-refractivity contribution in [1.29, 1.82) is 0 Å². The molecule has 1 heterocycles. The molecule has 3 unspecified atom stereocenters. The average molecular weight is 269 g/mol. The van der Waals surface area contributed by atoms with E-state index in [0.29, 0.717) is 0 Å². The van der Waals surface area contributed by atoms with Crippen LogP contribution in [0, 0.1) is 11.3 Å². The first-order valence-electron chi connectivity index (χ1n) is 7.35. The molecule has 0 aromatic heterocycles. The molecule has 1 N–H and O–H groups in total. The molecule has 1 aliphatic heterocycles. The van der Waals surface area contributed by atoms with Gasteiger partial charge < -0.3 is 9.47 Å². The van der Waals surface area contributed by atoms with Gasteiger partial charge in [0, 0.05) is 13.2 Å². The van der Waals surface area contributed by atoms with E-state index in [0.717, 1.165) is 38.8 Å². The normalized spacial score (nSPS) is 37.5. The van der Waals surface area contributed by atoms with Gasteiger partial charge in [-0.15, -0.1) is 0 Å². The highest BCUT2D eigenvalue weighted by molar-refractivity contribution is 5.82. The Morgan fingerprint density at radius 3 is 2.68 bits per heavy atom. The van der Waals surface area contributed by atoms with Crippen LogP contribution in [0.3, 0.4) is 0 Å². The lowest BCUT2D eigenvalue weighted by Crippen LogP contribution is -2.56. The molecule has 0 bridgehead atoms. The van der Waals surface area contributed by atoms with Crippen LogP contribution >= 0.6 is 0 Å². The van der Waals surface area contributed by atoms with Gasteiger partial charge in [0.05, 0.1) is 13.2 Å². The Kier molecular flexibility index (Phi) is 4.21. The summed E-state index contributed by atoms with van der Waals surface area (Å²) >= 11 is 0. The van der Waals surface area contributed by atoms with Crippen LogP contribution in [0.4, 0.5) is 0 Å². The van der Waals surface area contributed by atoms with E-state index in [4.69, 9.17) is 9.47 Å². The number of ether oxygens (including phenoxy) is 2. The Morgan fingerprint density at radius 2 is 2.21 bits per heavy atom. The van der Waals surface area contributed by atoms with Crippen molar-refractivity contribution in [3.63, 3.8) is 0 Å². The van der Waals surface area contributed by atoms with Gasteiger partial charge in [0.15, 0.2) is 0 Å². The molecule has 110 valence electrons. The molecule has 0 radical (unpaired) electrons. The minimum atomic E-state index is -0.537. The van der Waals surface area contributed by atoms with Crippen molar-refractivity contribution >= 4 is 5.97 Å². The zero-order chi connectivity index (χ0) is 14.1. The number of nitrogens with one attached hydrogen (secondary N) is 1. The smallest absolute Gasteiger partial charge is 0.326 e. The Hall–Kier alpha value is -0.610. The maximum absolute atomic E-state index is 12.3. The second kappa shape index (κ2) is 5.41. The van der Waals surface area contributed by atoms with E-state index in [2.05, 4.69) is 26.1 Å². The summed E-state index contributed by atoms with van der Waals surface area (Å²) in [6.07, 6.45) is 4.33.